The Bertz CT molecular complexity index is 479. The van der Waals surface area contributed by atoms with Gasteiger partial charge in [-0.15, -0.1) is 0 Å². The summed E-state index contributed by atoms with van der Waals surface area (Å²) in [5.41, 5.74) is 6.28. The van der Waals surface area contributed by atoms with E-state index in [0.29, 0.717) is 23.0 Å². The lowest BCUT2D eigenvalue weighted by Crippen LogP contribution is -2.26. The molecule has 2 atom stereocenters. The van der Waals surface area contributed by atoms with Gasteiger partial charge in [0.1, 0.15) is 11.7 Å². The van der Waals surface area contributed by atoms with Crippen LogP contribution < -0.4 is 5.73 Å². The fraction of sp³-hybridized carbons (Fsp3) is 0.562. The first-order chi connectivity index (χ1) is 9.45. The molecular weight excluding hydrogens is 255 g/mol. The first-order valence-corrected chi connectivity index (χ1v) is 7.20. The van der Waals surface area contributed by atoms with E-state index in [4.69, 9.17) is 15.9 Å². The number of amidine groups is 1. The van der Waals surface area contributed by atoms with Gasteiger partial charge in [0.15, 0.2) is 0 Å². The smallest absolute Gasteiger partial charge is 0.129 e. The van der Waals surface area contributed by atoms with Gasteiger partial charge in [0.05, 0.1) is 12.7 Å². The van der Waals surface area contributed by atoms with Gasteiger partial charge in [-0.05, 0) is 37.2 Å². The summed E-state index contributed by atoms with van der Waals surface area (Å²) in [5.74, 6) is 0.878. The zero-order valence-electron chi connectivity index (χ0n) is 12.2. The van der Waals surface area contributed by atoms with Crippen LogP contribution in [0.4, 0.5) is 4.39 Å². The third-order valence-electron chi connectivity index (χ3n) is 3.97. The fourth-order valence-electron chi connectivity index (χ4n) is 3.05. The molecule has 0 spiro atoms. The number of benzene rings is 1. The molecule has 0 amide bonds. The Morgan fingerprint density at radius 3 is 2.50 bits per heavy atom. The van der Waals surface area contributed by atoms with Crippen LogP contribution in [0.2, 0.25) is 0 Å². The van der Waals surface area contributed by atoms with Gasteiger partial charge in [-0.1, -0.05) is 26.0 Å². The molecule has 0 radical (unpaired) electrons. The first kappa shape index (κ1) is 15.0. The number of hydrogen-bond donors (Lipinski definition) is 2. The van der Waals surface area contributed by atoms with E-state index >= 15 is 0 Å². The first-order valence-electron chi connectivity index (χ1n) is 7.20. The van der Waals surface area contributed by atoms with Crippen LogP contribution in [0.15, 0.2) is 18.2 Å². The van der Waals surface area contributed by atoms with Crippen LogP contribution in [-0.4, -0.2) is 11.9 Å². The van der Waals surface area contributed by atoms with Gasteiger partial charge in [0.25, 0.3) is 0 Å². The van der Waals surface area contributed by atoms with Crippen molar-refractivity contribution in [1.29, 1.82) is 5.41 Å². The molecule has 1 saturated carbocycles. The molecule has 110 valence electrons. The van der Waals surface area contributed by atoms with Gasteiger partial charge < -0.3 is 10.5 Å². The van der Waals surface area contributed by atoms with Crippen LogP contribution >= 0.6 is 0 Å². The highest BCUT2D eigenvalue weighted by atomic mass is 19.1. The summed E-state index contributed by atoms with van der Waals surface area (Å²) >= 11 is 0. The van der Waals surface area contributed by atoms with Gasteiger partial charge in [-0.3, -0.25) is 5.41 Å². The highest BCUT2D eigenvalue weighted by Crippen LogP contribution is 2.30. The zero-order valence-corrected chi connectivity index (χ0v) is 12.2. The van der Waals surface area contributed by atoms with Crippen LogP contribution in [0, 0.1) is 23.1 Å². The summed E-state index contributed by atoms with van der Waals surface area (Å²) in [5, 5.41) is 7.29. The van der Waals surface area contributed by atoms with Crippen LogP contribution in [-0.2, 0) is 11.3 Å². The average molecular weight is 278 g/mol. The van der Waals surface area contributed by atoms with Crippen molar-refractivity contribution in [3.05, 3.63) is 35.1 Å². The van der Waals surface area contributed by atoms with Crippen LogP contribution in [0.1, 0.15) is 44.2 Å². The fourth-order valence-corrected chi connectivity index (χ4v) is 3.05. The van der Waals surface area contributed by atoms with Gasteiger partial charge in [0, 0.05) is 11.1 Å². The Morgan fingerprint density at radius 2 is 1.95 bits per heavy atom. The quantitative estimate of drug-likeness (QED) is 0.654. The predicted molar refractivity (Wildman–Crippen MR) is 78.2 cm³/mol. The monoisotopic (exact) mass is 278 g/mol. The maximum Gasteiger partial charge on any atom is 0.129 e. The highest BCUT2D eigenvalue weighted by molar-refractivity contribution is 5.94. The van der Waals surface area contributed by atoms with Crippen molar-refractivity contribution in [3.8, 4) is 0 Å². The van der Waals surface area contributed by atoms with Crippen LogP contribution in [0.5, 0.6) is 0 Å². The number of hydrogen-bond acceptors (Lipinski definition) is 2. The lowest BCUT2D eigenvalue weighted by Gasteiger charge is -2.31. The van der Waals surface area contributed by atoms with Gasteiger partial charge in [-0.2, -0.15) is 0 Å². The highest BCUT2D eigenvalue weighted by Gasteiger charge is 2.24. The predicted octanol–water partition coefficient (Wildman–Crippen LogP) is 3.45. The van der Waals surface area contributed by atoms with Crippen molar-refractivity contribution in [2.75, 3.05) is 0 Å². The lowest BCUT2D eigenvalue weighted by atomic mass is 9.82. The van der Waals surface area contributed by atoms with Crippen LogP contribution in [0.25, 0.3) is 0 Å². The van der Waals surface area contributed by atoms with Gasteiger partial charge in [-0.25, -0.2) is 4.39 Å². The molecule has 2 unspecified atom stereocenters. The number of nitrogens with two attached hydrogens (primary N) is 1. The van der Waals surface area contributed by atoms with Crippen molar-refractivity contribution in [2.45, 2.75) is 45.8 Å². The molecule has 4 heteroatoms. The van der Waals surface area contributed by atoms with E-state index in [9.17, 15) is 4.39 Å². The number of nitrogen functional groups attached to an aromatic ring is 1. The van der Waals surface area contributed by atoms with E-state index in [1.54, 1.807) is 12.1 Å². The SMILES string of the molecule is CC1CC(C)CC(OCc2ccc(C(=N)N)cc2F)C1. The van der Waals surface area contributed by atoms with E-state index in [0.717, 1.165) is 12.8 Å². The van der Waals surface area contributed by atoms with E-state index in [1.807, 2.05) is 0 Å². The molecule has 3 N–H and O–H groups in total. The van der Waals surface area contributed by atoms with Crippen LogP contribution in [0.3, 0.4) is 0 Å². The summed E-state index contributed by atoms with van der Waals surface area (Å²) in [7, 11) is 0. The summed E-state index contributed by atoms with van der Waals surface area (Å²) in [6.45, 7) is 4.77. The van der Waals surface area contributed by atoms with Crippen molar-refractivity contribution in [2.24, 2.45) is 17.6 Å². The topological polar surface area (TPSA) is 59.1 Å². The average Bonchev–Trinajstić information content (AvgIpc) is 2.36. The summed E-state index contributed by atoms with van der Waals surface area (Å²) in [4.78, 5) is 0. The molecule has 0 aromatic heterocycles. The number of rotatable bonds is 4. The molecule has 3 nitrogen and oxygen atoms in total. The number of ether oxygens (including phenoxy) is 1. The third-order valence-corrected chi connectivity index (χ3v) is 3.97. The molecule has 0 bridgehead atoms. The minimum atomic E-state index is -0.352. The molecule has 0 heterocycles. The zero-order chi connectivity index (χ0) is 14.7. The molecular formula is C16H23FN2O. The van der Waals surface area contributed by atoms with Crippen molar-refractivity contribution < 1.29 is 9.13 Å². The molecule has 20 heavy (non-hydrogen) atoms. The second-order valence-electron chi connectivity index (χ2n) is 6.07. The molecule has 0 aliphatic heterocycles. The molecule has 1 aromatic rings. The Labute approximate surface area is 119 Å². The largest absolute Gasteiger partial charge is 0.384 e. The Hall–Kier alpha value is -1.42. The molecule has 1 aromatic carbocycles. The normalized spacial score (nSPS) is 26.4. The van der Waals surface area contributed by atoms with E-state index < -0.39 is 0 Å². The summed E-state index contributed by atoms with van der Waals surface area (Å²) in [6, 6.07) is 4.62. The number of nitrogens with one attached hydrogen (secondary N) is 1. The van der Waals surface area contributed by atoms with E-state index in [1.165, 1.54) is 12.5 Å². The van der Waals surface area contributed by atoms with Crippen molar-refractivity contribution in [3.63, 3.8) is 0 Å². The van der Waals surface area contributed by atoms with Crippen molar-refractivity contribution in [1.82, 2.24) is 0 Å². The van der Waals surface area contributed by atoms with E-state index in [-0.39, 0.29) is 24.4 Å². The van der Waals surface area contributed by atoms with Gasteiger partial charge in [0.2, 0.25) is 0 Å². The molecule has 2 rings (SSSR count). The second kappa shape index (κ2) is 6.35. The maximum absolute atomic E-state index is 13.9. The summed E-state index contributed by atoms with van der Waals surface area (Å²) in [6.07, 6.45) is 3.58. The maximum atomic E-state index is 13.9. The number of halogens is 1. The molecule has 1 aliphatic carbocycles. The summed E-state index contributed by atoms with van der Waals surface area (Å²) < 4.78 is 19.8. The Balaban J connectivity index is 1.95. The molecule has 0 saturated heterocycles. The molecule has 1 fully saturated rings. The third kappa shape index (κ3) is 3.79. The second-order valence-corrected chi connectivity index (χ2v) is 6.07. The van der Waals surface area contributed by atoms with E-state index in [2.05, 4.69) is 13.8 Å². The minimum absolute atomic E-state index is 0.119. The Morgan fingerprint density at radius 1 is 1.30 bits per heavy atom. The Kier molecular flexibility index (Phi) is 4.76. The van der Waals surface area contributed by atoms with Crippen molar-refractivity contribution >= 4 is 5.84 Å². The standard InChI is InChI=1S/C16H23FN2O/c1-10-5-11(2)7-14(6-10)20-9-13-4-3-12(16(18)19)8-15(13)17/h3-4,8,10-11,14H,5-7,9H2,1-2H3,(H3,18,19). The van der Waals surface area contributed by atoms with Gasteiger partial charge >= 0.3 is 0 Å². The molecule has 1 aliphatic rings. The minimum Gasteiger partial charge on any atom is -0.384 e. The lowest BCUT2D eigenvalue weighted by molar-refractivity contribution is -0.0102.